The third kappa shape index (κ3) is 3.73. The van der Waals surface area contributed by atoms with Crippen molar-refractivity contribution in [3.05, 3.63) is 68.7 Å². The Bertz CT molecular complexity index is 573. The molecule has 0 saturated heterocycles. The normalized spacial score (nSPS) is 12.5. The smallest absolute Gasteiger partial charge is 0.0595 e. The van der Waals surface area contributed by atoms with E-state index in [-0.39, 0.29) is 6.04 Å². The lowest BCUT2D eigenvalue weighted by Gasteiger charge is -2.14. The van der Waals surface area contributed by atoms with Crippen LogP contribution in [0.25, 0.3) is 0 Å². The molecule has 1 atom stereocenters. The topological polar surface area (TPSA) is 26.0 Å². The molecule has 0 spiro atoms. The van der Waals surface area contributed by atoms with Crippen molar-refractivity contribution >= 4 is 23.2 Å². The number of nitrogens with two attached hydrogens (primary N) is 1. The van der Waals surface area contributed by atoms with Crippen LogP contribution in [0.4, 0.5) is 0 Å². The van der Waals surface area contributed by atoms with Gasteiger partial charge in [0, 0.05) is 6.04 Å². The molecular formula is C16H17Cl2N. The fourth-order valence-corrected chi connectivity index (χ4v) is 2.61. The van der Waals surface area contributed by atoms with E-state index in [1.807, 2.05) is 12.1 Å². The molecule has 0 aliphatic carbocycles. The molecule has 1 unspecified atom stereocenters. The summed E-state index contributed by atoms with van der Waals surface area (Å²) in [6.07, 6.45) is 0.792. The second-order valence-electron chi connectivity index (χ2n) is 4.98. The molecule has 2 aromatic rings. The first kappa shape index (κ1) is 14.4. The largest absolute Gasteiger partial charge is 0.324 e. The monoisotopic (exact) mass is 293 g/mol. The average molecular weight is 294 g/mol. The van der Waals surface area contributed by atoms with E-state index >= 15 is 0 Å². The minimum atomic E-state index is -0.0732. The van der Waals surface area contributed by atoms with Gasteiger partial charge in [0.25, 0.3) is 0 Å². The highest BCUT2D eigenvalue weighted by atomic mass is 35.5. The molecule has 0 aromatic heterocycles. The first-order valence-corrected chi connectivity index (χ1v) is 6.99. The number of benzene rings is 2. The lowest BCUT2D eigenvalue weighted by atomic mass is 9.97. The van der Waals surface area contributed by atoms with Gasteiger partial charge < -0.3 is 5.73 Å². The zero-order valence-electron chi connectivity index (χ0n) is 11.1. The van der Waals surface area contributed by atoms with Crippen LogP contribution in [-0.2, 0) is 6.42 Å². The predicted molar refractivity (Wildman–Crippen MR) is 83.0 cm³/mol. The number of hydrogen-bond acceptors (Lipinski definition) is 1. The van der Waals surface area contributed by atoms with E-state index in [1.54, 1.807) is 6.07 Å². The fraction of sp³-hybridized carbons (Fsp3) is 0.250. The Labute approximate surface area is 124 Å². The lowest BCUT2D eigenvalue weighted by molar-refractivity contribution is 0.721. The predicted octanol–water partition coefficient (Wildman–Crippen LogP) is 4.85. The van der Waals surface area contributed by atoms with Crippen LogP contribution in [0.15, 0.2) is 36.4 Å². The van der Waals surface area contributed by atoms with Gasteiger partial charge in [0.2, 0.25) is 0 Å². The Morgan fingerprint density at radius 3 is 2.16 bits per heavy atom. The molecule has 0 radical (unpaired) electrons. The van der Waals surface area contributed by atoms with Crippen LogP contribution in [0, 0.1) is 13.8 Å². The maximum atomic E-state index is 6.24. The summed E-state index contributed by atoms with van der Waals surface area (Å²) < 4.78 is 0. The molecule has 2 rings (SSSR count). The van der Waals surface area contributed by atoms with Crippen molar-refractivity contribution in [1.82, 2.24) is 0 Å². The number of hydrogen-bond donors (Lipinski definition) is 1. The second kappa shape index (κ2) is 5.96. The molecule has 0 fully saturated rings. The Morgan fingerprint density at radius 1 is 0.947 bits per heavy atom. The Hall–Kier alpha value is -1.02. The highest BCUT2D eigenvalue weighted by Gasteiger charge is 2.09. The molecule has 0 bridgehead atoms. The quantitative estimate of drug-likeness (QED) is 0.860. The SMILES string of the molecule is Cc1cc(C)cc(CC(N)c2ccc(Cl)c(Cl)c2)c1. The highest BCUT2D eigenvalue weighted by molar-refractivity contribution is 6.42. The first-order chi connectivity index (χ1) is 8.95. The lowest BCUT2D eigenvalue weighted by Crippen LogP contribution is -2.13. The summed E-state index contributed by atoms with van der Waals surface area (Å²) in [4.78, 5) is 0. The van der Waals surface area contributed by atoms with Crippen molar-refractivity contribution in [3.63, 3.8) is 0 Å². The van der Waals surface area contributed by atoms with Gasteiger partial charge in [0.05, 0.1) is 10.0 Å². The zero-order valence-corrected chi connectivity index (χ0v) is 12.6. The Morgan fingerprint density at radius 2 is 1.58 bits per heavy atom. The summed E-state index contributed by atoms with van der Waals surface area (Å²) in [5.74, 6) is 0. The zero-order chi connectivity index (χ0) is 14.0. The van der Waals surface area contributed by atoms with Gasteiger partial charge in [-0.05, 0) is 43.5 Å². The van der Waals surface area contributed by atoms with Crippen LogP contribution in [-0.4, -0.2) is 0 Å². The van der Waals surface area contributed by atoms with Crippen LogP contribution in [0.5, 0.6) is 0 Å². The van der Waals surface area contributed by atoms with Crippen LogP contribution < -0.4 is 5.73 Å². The van der Waals surface area contributed by atoms with Gasteiger partial charge in [-0.15, -0.1) is 0 Å². The second-order valence-corrected chi connectivity index (χ2v) is 5.79. The van der Waals surface area contributed by atoms with Gasteiger partial charge in [0.15, 0.2) is 0 Å². The molecule has 2 N–H and O–H groups in total. The molecule has 0 saturated carbocycles. The fourth-order valence-electron chi connectivity index (χ4n) is 2.30. The number of halogens is 2. The molecule has 0 amide bonds. The van der Waals surface area contributed by atoms with E-state index in [1.165, 1.54) is 16.7 Å². The molecule has 19 heavy (non-hydrogen) atoms. The number of aryl methyl sites for hydroxylation is 2. The molecular weight excluding hydrogens is 277 g/mol. The molecule has 0 aliphatic rings. The maximum Gasteiger partial charge on any atom is 0.0595 e. The van der Waals surface area contributed by atoms with Crippen LogP contribution in [0.2, 0.25) is 10.0 Å². The summed E-state index contributed by atoms with van der Waals surface area (Å²) in [5.41, 5.74) is 11.0. The van der Waals surface area contributed by atoms with Crippen molar-refractivity contribution in [2.45, 2.75) is 26.3 Å². The van der Waals surface area contributed by atoms with E-state index in [0.717, 1.165) is 12.0 Å². The highest BCUT2D eigenvalue weighted by Crippen LogP contribution is 2.26. The third-order valence-electron chi connectivity index (χ3n) is 3.11. The van der Waals surface area contributed by atoms with Gasteiger partial charge >= 0.3 is 0 Å². The molecule has 1 nitrogen and oxygen atoms in total. The van der Waals surface area contributed by atoms with E-state index in [9.17, 15) is 0 Å². The van der Waals surface area contributed by atoms with Crippen molar-refractivity contribution < 1.29 is 0 Å². The average Bonchev–Trinajstić information content (AvgIpc) is 2.31. The van der Waals surface area contributed by atoms with Crippen molar-refractivity contribution in [3.8, 4) is 0 Å². The van der Waals surface area contributed by atoms with Gasteiger partial charge in [-0.25, -0.2) is 0 Å². The number of rotatable bonds is 3. The summed E-state index contributed by atoms with van der Waals surface area (Å²) in [6, 6.07) is 12.0. The molecule has 0 aliphatic heterocycles. The van der Waals surface area contributed by atoms with Crippen LogP contribution in [0.3, 0.4) is 0 Å². The summed E-state index contributed by atoms with van der Waals surface area (Å²) in [7, 11) is 0. The standard InChI is InChI=1S/C16H17Cl2N/c1-10-5-11(2)7-12(6-10)8-16(19)13-3-4-14(17)15(18)9-13/h3-7,9,16H,8,19H2,1-2H3. The maximum absolute atomic E-state index is 6.24. The third-order valence-corrected chi connectivity index (χ3v) is 3.85. The summed E-state index contributed by atoms with van der Waals surface area (Å²) in [5, 5.41) is 1.11. The molecule has 3 heteroatoms. The van der Waals surface area contributed by atoms with E-state index in [2.05, 4.69) is 32.0 Å². The minimum absolute atomic E-state index is 0.0732. The molecule has 100 valence electrons. The van der Waals surface area contributed by atoms with Crippen molar-refractivity contribution in [2.75, 3.05) is 0 Å². The van der Waals surface area contributed by atoms with Gasteiger partial charge in [-0.1, -0.05) is 58.6 Å². The minimum Gasteiger partial charge on any atom is -0.324 e. The van der Waals surface area contributed by atoms with E-state index in [4.69, 9.17) is 28.9 Å². The van der Waals surface area contributed by atoms with Crippen LogP contribution in [0.1, 0.15) is 28.3 Å². The van der Waals surface area contributed by atoms with Crippen LogP contribution >= 0.6 is 23.2 Å². The Kier molecular flexibility index (Phi) is 4.51. The van der Waals surface area contributed by atoms with Crippen molar-refractivity contribution in [1.29, 1.82) is 0 Å². The summed E-state index contributed by atoms with van der Waals surface area (Å²) in [6.45, 7) is 4.20. The first-order valence-electron chi connectivity index (χ1n) is 6.23. The van der Waals surface area contributed by atoms with E-state index in [0.29, 0.717) is 10.0 Å². The van der Waals surface area contributed by atoms with Crippen molar-refractivity contribution in [2.24, 2.45) is 5.73 Å². The molecule has 0 heterocycles. The van der Waals surface area contributed by atoms with Gasteiger partial charge in [-0.3, -0.25) is 0 Å². The Balaban J connectivity index is 2.20. The molecule has 2 aromatic carbocycles. The van der Waals surface area contributed by atoms with Gasteiger partial charge in [-0.2, -0.15) is 0 Å². The van der Waals surface area contributed by atoms with E-state index < -0.39 is 0 Å². The summed E-state index contributed by atoms with van der Waals surface area (Å²) >= 11 is 11.9. The van der Waals surface area contributed by atoms with Gasteiger partial charge in [0.1, 0.15) is 0 Å².